The number of fused-ring (bicyclic) bond motifs is 1. The normalized spacial score (nSPS) is 10.3. The maximum Gasteiger partial charge on any atom is 0.213 e. The zero-order valence-corrected chi connectivity index (χ0v) is 11.7. The maximum atomic E-state index is 5.17. The molecule has 2 heterocycles. The fourth-order valence-corrected chi connectivity index (χ4v) is 2.28. The van der Waals surface area contributed by atoms with Gasteiger partial charge < -0.3 is 14.8 Å². The highest BCUT2D eigenvalue weighted by Crippen LogP contribution is 2.26. The van der Waals surface area contributed by atoms with Gasteiger partial charge >= 0.3 is 0 Å². The summed E-state index contributed by atoms with van der Waals surface area (Å²) in [6, 6.07) is 8.12. The van der Waals surface area contributed by atoms with E-state index in [-0.39, 0.29) is 5.48 Å². The molecule has 0 bridgehead atoms. The molecule has 1 aromatic carbocycles. The number of nitrogens with zero attached hydrogens (tertiary/aromatic N) is 3. The topological polar surface area (TPSA) is 71.4 Å². The van der Waals surface area contributed by atoms with Crippen molar-refractivity contribution in [2.24, 2.45) is 7.05 Å². The molecule has 5 heteroatoms. The Kier molecular flexibility index (Phi) is 3.72. The number of benzene rings is 1. The van der Waals surface area contributed by atoms with Crippen molar-refractivity contribution in [1.29, 1.82) is 0 Å². The van der Waals surface area contributed by atoms with E-state index in [1.165, 1.54) is 0 Å². The number of hydrogen-bond donors (Lipinski definition) is 0. The number of methoxy groups -OCH3 is 1. The minimum Gasteiger partial charge on any atom is -0.481 e. The quantitative estimate of drug-likeness (QED) is 0.716. The summed E-state index contributed by atoms with van der Waals surface area (Å²) in [5, 5.41) is 1.10. The summed E-state index contributed by atoms with van der Waals surface area (Å²) < 4.78 is 7.18. The van der Waals surface area contributed by atoms with Gasteiger partial charge in [-0.2, -0.15) is 0 Å². The fourth-order valence-electron chi connectivity index (χ4n) is 2.28. The van der Waals surface area contributed by atoms with Crippen LogP contribution in [0.4, 0.5) is 0 Å². The molecule has 0 saturated heterocycles. The smallest absolute Gasteiger partial charge is 0.213 e. The van der Waals surface area contributed by atoms with Gasteiger partial charge in [-0.05, 0) is 30.7 Å². The van der Waals surface area contributed by atoms with E-state index in [4.69, 9.17) is 4.74 Å². The van der Waals surface area contributed by atoms with E-state index >= 15 is 0 Å². The summed E-state index contributed by atoms with van der Waals surface area (Å²) in [7, 11) is 3.62. The van der Waals surface area contributed by atoms with Crippen molar-refractivity contribution in [2.75, 3.05) is 7.11 Å². The number of aromatic nitrogens is 3. The average Bonchev–Trinajstić information content (AvgIpc) is 2.84. The molecule has 2 aromatic heterocycles. The minimum atomic E-state index is 0. The molecular weight excluding hydrogens is 254 g/mol. The highest BCUT2D eigenvalue weighted by Gasteiger charge is 2.08. The van der Waals surface area contributed by atoms with E-state index in [2.05, 4.69) is 29.0 Å². The highest BCUT2D eigenvalue weighted by molar-refractivity contribution is 5.86. The maximum absolute atomic E-state index is 5.17. The molecule has 0 aliphatic heterocycles. The monoisotopic (exact) mass is 271 g/mol. The average molecular weight is 271 g/mol. The van der Waals surface area contributed by atoms with Crippen LogP contribution < -0.4 is 4.74 Å². The van der Waals surface area contributed by atoms with Crippen LogP contribution in [0.1, 0.15) is 5.56 Å². The Morgan fingerprint density at radius 3 is 2.65 bits per heavy atom. The number of hydrogen-bond acceptors (Lipinski definition) is 3. The van der Waals surface area contributed by atoms with E-state index < -0.39 is 0 Å². The Balaban J connectivity index is 0.00000147. The number of pyridine rings is 1. The van der Waals surface area contributed by atoms with Crippen LogP contribution in [0.15, 0.2) is 36.7 Å². The molecule has 0 saturated carbocycles. The van der Waals surface area contributed by atoms with Crippen LogP contribution in [-0.4, -0.2) is 27.1 Å². The zero-order chi connectivity index (χ0) is 13.4. The summed E-state index contributed by atoms with van der Waals surface area (Å²) in [5.74, 6) is 1.60. The summed E-state index contributed by atoms with van der Waals surface area (Å²) in [6.45, 7) is 2.06. The Bertz CT molecular complexity index is 750. The summed E-state index contributed by atoms with van der Waals surface area (Å²) in [5.41, 5.74) is 3.19. The lowest BCUT2D eigenvalue weighted by atomic mass is 10.1. The van der Waals surface area contributed by atoms with Crippen LogP contribution in [0.25, 0.3) is 22.3 Å². The molecule has 3 aromatic rings. The van der Waals surface area contributed by atoms with Crippen LogP contribution in [-0.2, 0) is 7.05 Å². The second-order valence-corrected chi connectivity index (χ2v) is 4.58. The Labute approximate surface area is 117 Å². The van der Waals surface area contributed by atoms with Crippen LogP contribution in [0.2, 0.25) is 0 Å². The molecule has 0 atom stereocenters. The Morgan fingerprint density at radius 2 is 2.00 bits per heavy atom. The number of ether oxygens (including phenoxy) is 1. The predicted molar refractivity (Wildman–Crippen MR) is 78.8 cm³/mol. The van der Waals surface area contributed by atoms with E-state index in [1.807, 2.05) is 29.9 Å². The molecule has 20 heavy (non-hydrogen) atoms. The van der Waals surface area contributed by atoms with Gasteiger partial charge in [0.25, 0.3) is 0 Å². The lowest BCUT2D eigenvalue weighted by Crippen LogP contribution is -1.94. The van der Waals surface area contributed by atoms with Gasteiger partial charge in [-0.1, -0.05) is 0 Å². The summed E-state index contributed by atoms with van der Waals surface area (Å²) in [6.07, 6.45) is 3.75. The van der Waals surface area contributed by atoms with Crippen molar-refractivity contribution in [3.05, 3.63) is 42.2 Å². The van der Waals surface area contributed by atoms with Crippen LogP contribution in [0.5, 0.6) is 5.88 Å². The van der Waals surface area contributed by atoms with Crippen molar-refractivity contribution in [1.82, 2.24) is 14.5 Å². The van der Waals surface area contributed by atoms with Crippen LogP contribution in [0.3, 0.4) is 0 Å². The highest BCUT2D eigenvalue weighted by atomic mass is 16.5. The third-order valence-corrected chi connectivity index (χ3v) is 3.25. The van der Waals surface area contributed by atoms with Crippen molar-refractivity contribution < 1.29 is 10.2 Å². The lowest BCUT2D eigenvalue weighted by molar-refractivity contribution is 0.399. The van der Waals surface area contributed by atoms with E-state index in [9.17, 15) is 0 Å². The molecule has 0 aliphatic rings. The number of rotatable bonds is 2. The number of imidazole rings is 1. The van der Waals surface area contributed by atoms with E-state index in [1.54, 1.807) is 13.3 Å². The molecule has 0 unspecified atom stereocenters. The summed E-state index contributed by atoms with van der Waals surface area (Å²) >= 11 is 0. The van der Waals surface area contributed by atoms with Gasteiger partial charge in [0, 0.05) is 36.5 Å². The molecule has 0 amide bonds. The van der Waals surface area contributed by atoms with Gasteiger partial charge in [0.15, 0.2) is 0 Å². The van der Waals surface area contributed by atoms with E-state index in [0.717, 1.165) is 27.9 Å². The van der Waals surface area contributed by atoms with Crippen molar-refractivity contribution in [2.45, 2.75) is 6.92 Å². The zero-order valence-electron chi connectivity index (χ0n) is 11.7. The standard InChI is InChI=1S/C15H15N3O.H2O/c1-10-8-12(15-16-6-7-18(15)2)9-11-4-5-13(19-3)17-14(10)11;/h4-9H,1-3H3;1H2. The molecule has 104 valence electrons. The molecule has 3 rings (SSSR count). The second kappa shape index (κ2) is 5.30. The van der Waals surface area contributed by atoms with Crippen molar-refractivity contribution in [3.63, 3.8) is 0 Å². The molecule has 5 nitrogen and oxygen atoms in total. The van der Waals surface area contributed by atoms with Gasteiger partial charge in [0.2, 0.25) is 5.88 Å². The van der Waals surface area contributed by atoms with Crippen molar-refractivity contribution >= 4 is 10.9 Å². The van der Waals surface area contributed by atoms with Crippen LogP contribution in [0, 0.1) is 6.92 Å². The molecule has 0 fully saturated rings. The third kappa shape index (κ3) is 2.23. The predicted octanol–water partition coefficient (Wildman–Crippen LogP) is 2.13. The second-order valence-electron chi connectivity index (χ2n) is 4.58. The van der Waals surface area contributed by atoms with Crippen LogP contribution >= 0.6 is 0 Å². The first-order valence-electron chi connectivity index (χ1n) is 6.12. The molecule has 0 radical (unpaired) electrons. The Hall–Kier alpha value is -2.40. The van der Waals surface area contributed by atoms with Gasteiger partial charge in [-0.25, -0.2) is 9.97 Å². The third-order valence-electron chi connectivity index (χ3n) is 3.25. The first-order valence-corrected chi connectivity index (χ1v) is 6.12. The molecule has 0 spiro atoms. The molecule has 2 N–H and O–H groups in total. The van der Waals surface area contributed by atoms with Crippen molar-refractivity contribution in [3.8, 4) is 17.3 Å². The van der Waals surface area contributed by atoms with E-state index in [0.29, 0.717) is 5.88 Å². The minimum absolute atomic E-state index is 0. The molecular formula is C15H17N3O2. The summed E-state index contributed by atoms with van der Waals surface area (Å²) in [4.78, 5) is 8.87. The fraction of sp³-hybridized carbons (Fsp3) is 0.200. The van der Waals surface area contributed by atoms with Gasteiger partial charge in [0.05, 0.1) is 12.6 Å². The number of aryl methyl sites for hydroxylation is 2. The lowest BCUT2D eigenvalue weighted by Gasteiger charge is -2.08. The first kappa shape index (κ1) is 14.0. The van der Waals surface area contributed by atoms with Gasteiger partial charge in [0.1, 0.15) is 5.82 Å². The largest absolute Gasteiger partial charge is 0.481 e. The SMILES string of the molecule is COc1ccc2cc(-c3nccn3C)cc(C)c2n1.O. The van der Waals surface area contributed by atoms with Gasteiger partial charge in [-0.3, -0.25) is 0 Å². The van der Waals surface area contributed by atoms with Gasteiger partial charge in [-0.15, -0.1) is 0 Å². The Morgan fingerprint density at radius 1 is 1.20 bits per heavy atom. The molecule has 0 aliphatic carbocycles. The first-order chi connectivity index (χ1) is 9.19.